The Hall–Kier alpha value is -2.58. The molecule has 9 heteroatoms. The molecule has 1 atom stereocenters. The molecule has 138 valence electrons. The van der Waals surface area contributed by atoms with Crippen molar-refractivity contribution in [1.29, 1.82) is 0 Å². The van der Waals surface area contributed by atoms with E-state index in [1.165, 1.54) is 13.0 Å². The van der Waals surface area contributed by atoms with Crippen molar-refractivity contribution < 1.29 is 23.9 Å². The van der Waals surface area contributed by atoms with Crippen LogP contribution in [0.4, 0.5) is 5.00 Å². The fourth-order valence-corrected chi connectivity index (χ4v) is 2.92. The molecule has 0 spiro atoms. The Morgan fingerprint density at radius 1 is 1.31 bits per heavy atom. The number of amides is 2. The summed E-state index contributed by atoms with van der Waals surface area (Å²) in [5, 5.41) is 4.79. The van der Waals surface area contributed by atoms with Crippen molar-refractivity contribution in [3.05, 3.63) is 45.8 Å². The number of thiophene rings is 1. The van der Waals surface area contributed by atoms with Crippen LogP contribution in [0, 0.1) is 6.92 Å². The smallest absolute Gasteiger partial charge is 0.344 e. The molecule has 0 fully saturated rings. The first-order chi connectivity index (χ1) is 12.3. The highest BCUT2D eigenvalue weighted by Crippen LogP contribution is 2.25. The van der Waals surface area contributed by atoms with E-state index in [9.17, 15) is 14.4 Å². The second-order valence-corrected chi connectivity index (χ2v) is 6.69. The molecule has 1 heterocycles. The van der Waals surface area contributed by atoms with E-state index in [0.29, 0.717) is 15.8 Å². The topological polar surface area (TPSA) is 108 Å². The summed E-state index contributed by atoms with van der Waals surface area (Å²) in [6, 6.07) is 6.66. The molecule has 0 aliphatic heterocycles. The van der Waals surface area contributed by atoms with Gasteiger partial charge in [-0.3, -0.25) is 9.59 Å². The fraction of sp³-hybridized carbons (Fsp3) is 0.235. The number of hydrogen-bond acceptors (Lipinski definition) is 6. The van der Waals surface area contributed by atoms with Crippen LogP contribution in [0.3, 0.4) is 0 Å². The minimum atomic E-state index is -1.08. The average molecular weight is 397 g/mol. The van der Waals surface area contributed by atoms with Crippen LogP contribution in [0.1, 0.15) is 22.8 Å². The largest absolute Gasteiger partial charge is 0.480 e. The van der Waals surface area contributed by atoms with Gasteiger partial charge >= 0.3 is 5.97 Å². The molecule has 0 radical (unpaired) electrons. The van der Waals surface area contributed by atoms with Crippen LogP contribution in [-0.4, -0.2) is 30.5 Å². The van der Waals surface area contributed by atoms with E-state index in [-0.39, 0.29) is 5.56 Å². The van der Waals surface area contributed by atoms with Gasteiger partial charge in [0.2, 0.25) is 0 Å². The minimum absolute atomic E-state index is 0.194. The van der Waals surface area contributed by atoms with Crippen molar-refractivity contribution >= 4 is 45.7 Å². The molecule has 0 unspecified atom stereocenters. The number of benzene rings is 1. The summed E-state index contributed by atoms with van der Waals surface area (Å²) in [5.74, 6) is -1.62. The highest BCUT2D eigenvalue weighted by atomic mass is 35.5. The first kappa shape index (κ1) is 19.7. The summed E-state index contributed by atoms with van der Waals surface area (Å²) in [6.45, 7) is 2.87. The Bertz CT molecular complexity index is 836. The normalized spacial score (nSPS) is 11.5. The molecule has 7 nitrogen and oxygen atoms in total. The van der Waals surface area contributed by atoms with E-state index in [2.05, 4.69) is 5.32 Å². The third kappa shape index (κ3) is 5.21. The summed E-state index contributed by atoms with van der Waals surface area (Å²) in [6.07, 6.45) is -1.08. The lowest BCUT2D eigenvalue weighted by molar-refractivity contribution is -0.155. The number of nitrogens with one attached hydrogen (secondary N) is 1. The number of carbonyl (C=O) groups excluding carboxylic acids is 3. The average Bonchev–Trinajstić information content (AvgIpc) is 3.04. The lowest BCUT2D eigenvalue weighted by Gasteiger charge is -2.14. The number of anilines is 1. The zero-order chi connectivity index (χ0) is 19.3. The molecular weight excluding hydrogens is 380 g/mol. The molecule has 0 aliphatic rings. The zero-order valence-electron chi connectivity index (χ0n) is 14.1. The van der Waals surface area contributed by atoms with Gasteiger partial charge < -0.3 is 20.5 Å². The monoisotopic (exact) mass is 396 g/mol. The summed E-state index contributed by atoms with van der Waals surface area (Å²) in [7, 11) is 0. The van der Waals surface area contributed by atoms with Crippen molar-refractivity contribution in [3.8, 4) is 5.75 Å². The van der Waals surface area contributed by atoms with Gasteiger partial charge in [-0.2, -0.15) is 0 Å². The number of rotatable bonds is 7. The maximum absolute atomic E-state index is 12.1. The molecule has 2 rings (SSSR count). The Morgan fingerprint density at radius 2 is 2.04 bits per heavy atom. The second-order valence-electron chi connectivity index (χ2n) is 5.37. The molecule has 3 N–H and O–H groups in total. The van der Waals surface area contributed by atoms with Crippen molar-refractivity contribution in [2.24, 2.45) is 5.73 Å². The van der Waals surface area contributed by atoms with Gasteiger partial charge in [-0.1, -0.05) is 17.7 Å². The maximum Gasteiger partial charge on any atom is 0.344 e. The first-order valence-corrected chi connectivity index (χ1v) is 8.80. The van der Waals surface area contributed by atoms with Crippen LogP contribution in [0.15, 0.2) is 29.6 Å². The van der Waals surface area contributed by atoms with Crippen LogP contribution in [0.2, 0.25) is 5.02 Å². The van der Waals surface area contributed by atoms with E-state index in [0.717, 1.165) is 16.9 Å². The quantitative estimate of drug-likeness (QED) is 0.699. The van der Waals surface area contributed by atoms with Gasteiger partial charge in [0, 0.05) is 0 Å². The van der Waals surface area contributed by atoms with Crippen LogP contribution in [0.25, 0.3) is 0 Å². The molecular formula is C17H17ClN2O5S. The number of carbonyl (C=O) groups is 3. The Morgan fingerprint density at radius 3 is 2.73 bits per heavy atom. The Balaban J connectivity index is 1.88. The second kappa shape index (κ2) is 8.68. The first-order valence-electron chi connectivity index (χ1n) is 7.54. The van der Waals surface area contributed by atoms with Gasteiger partial charge in [0.15, 0.2) is 12.7 Å². The molecule has 1 aromatic carbocycles. The highest BCUT2D eigenvalue weighted by Gasteiger charge is 2.21. The molecule has 2 amide bonds. The van der Waals surface area contributed by atoms with Crippen molar-refractivity contribution in [1.82, 2.24) is 0 Å². The predicted octanol–water partition coefficient (Wildman–Crippen LogP) is 2.76. The minimum Gasteiger partial charge on any atom is -0.480 e. The predicted molar refractivity (Wildman–Crippen MR) is 98.7 cm³/mol. The van der Waals surface area contributed by atoms with Gasteiger partial charge in [0.1, 0.15) is 10.8 Å². The van der Waals surface area contributed by atoms with Gasteiger partial charge in [0.25, 0.3) is 11.8 Å². The van der Waals surface area contributed by atoms with Gasteiger partial charge in [-0.25, -0.2) is 4.79 Å². The molecule has 0 bridgehead atoms. The van der Waals surface area contributed by atoms with E-state index in [4.69, 9.17) is 26.8 Å². The van der Waals surface area contributed by atoms with E-state index in [1.54, 1.807) is 17.5 Å². The Kier molecular flexibility index (Phi) is 6.59. The van der Waals surface area contributed by atoms with Gasteiger partial charge in [-0.05, 0) is 43.0 Å². The molecule has 2 aromatic rings. The highest BCUT2D eigenvalue weighted by molar-refractivity contribution is 7.14. The van der Waals surface area contributed by atoms with Crippen molar-refractivity contribution in [2.45, 2.75) is 20.0 Å². The summed E-state index contributed by atoms with van der Waals surface area (Å²) in [5.41, 5.74) is 6.33. The zero-order valence-corrected chi connectivity index (χ0v) is 15.6. The number of ether oxygens (including phenoxy) is 2. The third-order valence-corrected chi connectivity index (χ3v) is 4.42. The molecule has 0 aliphatic carbocycles. The van der Waals surface area contributed by atoms with E-state index in [1.807, 2.05) is 13.0 Å². The third-order valence-electron chi connectivity index (χ3n) is 3.28. The summed E-state index contributed by atoms with van der Waals surface area (Å²) >= 11 is 7.12. The molecule has 1 aromatic heterocycles. The molecule has 0 saturated heterocycles. The molecule has 26 heavy (non-hydrogen) atoms. The van der Waals surface area contributed by atoms with Crippen LogP contribution in [-0.2, 0) is 14.3 Å². The van der Waals surface area contributed by atoms with Crippen LogP contribution >= 0.6 is 22.9 Å². The summed E-state index contributed by atoms with van der Waals surface area (Å²) < 4.78 is 10.3. The maximum atomic E-state index is 12.1. The van der Waals surface area contributed by atoms with Crippen molar-refractivity contribution in [3.63, 3.8) is 0 Å². The number of halogens is 1. The van der Waals surface area contributed by atoms with Crippen molar-refractivity contribution in [2.75, 3.05) is 11.9 Å². The lowest BCUT2D eigenvalue weighted by Crippen LogP contribution is -2.32. The van der Waals surface area contributed by atoms with E-state index >= 15 is 0 Å². The SMILES string of the molecule is Cc1ccc(Cl)c(OCC(=O)O[C@H](C)C(=O)Nc2sccc2C(N)=O)c1. The number of esters is 1. The van der Waals surface area contributed by atoms with Crippen LogP contribution in [0.5, 0.6) is 5.75 Å². The summed E-state index contributed by atoms with van der Waals surface area (Å²) in [4.78, 5) is 35.2. The number of nitrogens with two attached hydrogens (primary N) is 1. The number of aryl methyl sites for hydroxylation is 1. The number of primary amides is 1. The van der Waals surface area contributed by atoms with E-state index < -0.39 is 30.5 Å². The van der Waals surface area contributed by atoms with Crippen LogP contribution < -0.4 is 15.8 Å². The van der Waals surface area contributed by atoms with Gasteiger partial charge in [-0.15, -0.1) is 11.3 Å². The fourth-order valence-electron chi connectivity index (χ4n) is 1.96. The lowest BCUT2D eigenvalue weighted by atomic mass is 10.2. The number of hydrogen-bond donors (Lipinski definition) is 2. The molecule has 0 saturated carbocycles. The Labute approximate surface area is 159 Å². The van der Waals surface area contributed by atoms with Gasteiger partial charge in [0.05, 0.1) is 10.6 Å². The standard InChI is InChI=1S/C17H17ClN2O5S/c1-9-3-4-12(18)13(7-9)24-8-14(21)25-10(2)16(23)20-17-11(15(19)22)5-6-26-17/h3-7,10H,8H2,1-2H3,(H2,19,22)(H,20,23)/t10-/m1/s1.